The summed E-state index contributed by atoms with van der Waals surface area (Å²) in [4.78, 5) is 2.49. The van der Waals surface area contributed by atoms with Crippen molar-refractivity contribution in [3.63, 3.8) is 0 Å². The Hall–Kier alpha value is -1.15. The van der Waals surface area contributed by atoms with E-state index in [1.54, 1.807) is 0 Å². The molecule has 21 heavy (non-hydrogen) atoms. The van der Waals surface area contributed by atoms with E-state index < -0.39 is 0 Å². The van der Waals surface area contributed by atoms with Gasteiger partial charge in [0.25, 0.3) is 0 Å². The Morgan fingerprint density at radius 3 is 2.90 bits per heavy atom. The summed E-state index contributed by atoms with van der Waals surface area (Å²) in [6.45, 7) is 5.27. The van der Waals surface area contributed by atoms with Crippen molar-refractivity contribution in [2.24, 2.45) is 0 Å². The summed E-state index contributed by atoms with van der Waals surface area (Å²) in [6, 6.07) is 8.48. The highest BCUT2D eigenvalue weighted by Gasteiger charge is 2.17. The number of nitrogens with zero attached hydrogens (tertiary/aromatic N) is 1. The molecule has 1 fully saturated rings. The van der Waals surface area contributed by atoms with Crippen LogP contribution in [-0.2, 0) is 0 Å². The second-order valence-corrected chi connectivity index (χ2v) is 6.26. The number of ether oxygens (including phenoxy) is 1. The Balaban J connectivity index is 1.74. The average Bonchev–Trinajstić information content (AvgIpc) is 2.51. The summed E-state index contributed by atoms with van der Waals surface area (Å²) in [5, 5.41) is 8.68. The van der Waals surface area contributed by atoms with E-state index in [2.05, 4.69) is 23.7 Å². The smallest absolute Gasteiger partial charge is 0.119 e. The van der Waals surface area contributed by atoms with Crippen molar-refractivity contribution in [3.8, 4) is 17.6 Å². The van der Waals surface area contributed by atoms with Crippen LogP contribution in [0, 0.1) is 11.8 Å². The van der Waals surface area contributed by atoms with Crippen molar-refractivity contribution >= 4 is 11.8 Å². The molecule has 0 saturated carbocycles. The highest BCUT2D eigenvalue weighted by Crippen LogP contribution is 2.16. The summed E-state index contributed by atoms with van der Waals surface area (Å²) in [7, 11) is 0. The number of aliphatic hydroxyl groups is 1. The average molecular weight is 305 g/mol. The maximum atomic E-state index is 8.68. The van der Waals surface area contributed by atoms with Crippen molar-refractivity contribution in [2.45, 2.75) is 19.4 Å². The fourth-order valence-electron chi connectivity index (χ4n) is 2.23. The van der Waals surface area contributed by atoms with Gasteiger partial charge in [-0.1, -0.05) is 11.8 Å². The predicted octanol–water partition coefficient (Wildman–Crippen LogP) is 2.24. The first kappa shape index (κ1) is 16.2. The molecule has 114 valence electrons. The van der Waals surface area contributed by atoms with Gasteiger partial charge >= 0.3 is 0 Å². The Bertz CT molecular complexity index is 478. The maximum absolute atomic E-state index is 8.68. The minimum Gasteiger partial charge on any atom is -0.492 e. The van der Waals surface area contributed by atoms with Gasteiger partial charge in [-0.2, -0.15) is 11.8 Å². The molecule has 1 N–H and O–H groups in total. The largest absolute Gasteiger partial charge is 0.492 e. The zero-order valence-corrected chi connectivity index (χ0v) is 13.4. The van der Waals surface area contributed by atoms with Crippen LogP contribution in [0.5, 0.6) is 5.75 Å². The zero-order valence-electron chi connectivity index (χ0n) is 12.5. The van der Waals surface area contributed by atoms with Crippen LogP contribution < -0.4 is 4.74 Å². The highest BCUT2D eigenvalue weighted by molar-refractivity contribution is 7.99. The Kier molecular flexibility index (Phi) is 6.94. The van der Waals surface area contributed by atoms with Gasteiger partial charge in [0.1, 0.15) is 12.4 Å². The lowest BCUT2D eigenvalue weighted by atomic mass is 10.2. The van der Waals surface area contributed by atoms with E-state index in [1.165, 1.54) is 11.5 Å². The van der Waals surface area contributed by atoms with Gasteiger partial charge in [-0.25, -0.2) is 0 Å². The fraction of sp³-hybridized carbons (Fsp3) is 0.529. The molecule has 2 rings (SSSR count). The molecule has 3 nitrogen and oxygen atoms in total. The van der Waals surface area contributed by atoms with Gasteiger partial charge in [0.15, 0.2) is 0 Å². The van der Waals surface area contributed by atoms with Crippen LogP contribution in [0.1, 0.15) is 18.9 Å². The monoisotopic (exact) mass is 305 g/mol. The Morgan fingerprint density at radius 2 is 2.19 bits per heavy atom. The molecule has 1 heterocycles. The van der Waals surface area contributed by atoms with Crippen molar-refractivity contribution in [1.82, 2.24) is 4.90 Å². The van der Waals surface area contributed by atoms with E-state index in [1.807, 2.05) is 36.0 Å². The molecular formula is C17H23NO2S. The fourth-order valence-corrected chi connectivity index (χ4v) is 3.31. The molecule has 1 atom stereocenters. The van der Waals surface area contributed by atoms with Crippen LogP contribution >= 0.6 is 11.8 Å². The number of benzene rings is 1. The van der Waals surface area contributed by atoms with Crippen LogP contribution in [-0.4, -0.2) is 53.9 Å². The van der Waals surface area contributed by atoms with Crippen molar-refractivity contribution in [3.05, 3.63) is 29.8 Å². The molecule has 4 heteroatoms. The standard InChI is InChI=1S/C17H23NO2S/c1-15-14-21-13-10-18(15)9-12-20-17-7-5-16(6-8-17)4-2-3-11-19/h5-8,15,19H,3,9-14H2,1H3. The second kappa shape index (κ2) is 8.99. The molecule has 1 unspecified atom stereocenters. The molecule has 0 aliphatic carbocycles. The zero-order chi connectivity index (χ0) is 14.9. The van der Waals surface area contributed by atoms with Gasteiger partial charge in [-0.05, 0) is 31.2 Å². The molecule has 1 aliphatic rings. The first-order chi connectivity index (χ1) is 10.3. The van der Waals surface area contributed by atoms with E-state index >= 15 is 0 Å². The first-order valence-electron chi connectivity index (χ1n) is 7.44. The molecule has 0 bridgehead atoms. The van der Waals surface area contributed by atoms with Gasteiger partial charge in [0.05, 0.1) is 6.61 Å². The normalized spacial score (nSPS) is 18.9. The summed E-state index contributed by atoms with van der Waals surface area (Å²) in [6.07, 6.45) is 0.518. The van der Waals surface area contributed by atoms with Crippen LogP contribution in [0.3, 0.4) is 0 Å². The summed E-state index contributed by atoms with van der Waals surface area (Å²) in [5.41, 5.74) is 0.956. The van der Waals surface area contributed by atoms with Gasteiger partial charge in [0.2, 0.25) is 0 Å². The lowest BCUT2D eigenvalue weighted by Crippen LogP contribution is -2.42. The summed E-state index contributed by atoms with van der Waals surface area (Å²) >= 11 is 2.04. The summed E-state index contributed by atoms with van der Waals surface area (Å²) in [5.74, 6) is 9.26. The Labute approximate surface area is 131 Å². The SMILES string of the molecule is CC1CSCCN1CCOc1ccc(C#CCCO)cc1. The van der Waals surface area contributed by atoms with Crippen LogP contribution in [0.2, 0.25) is 0 Å². The lowest BCUT2D eigenvalue weighted by molar-refractivity contribution is 0.183. The van der Waals surface area contributed by atoms with Crippen molar-refractivity contribution < 1.29 is 9.84 Å². The molecule has 0 amide bonds. The third kappa shape index (κ3) is 5.62. The number of rotatable bonds is 5. The quantitative estimate of drug-likeness (QED) is 0.846. The number of hydrogen-bond acceptors (Lipinski definition) is 4. The second-order valence-electron chi connectivity index (χ2n) is 5.11. The molecule has 1 aromatic carbocycles. The van der Waals surface area contributed by atoms with Gasteiger partial charge in [0, 0.05) is 42.6 Å². The van der Waals surface area contributed by atoms with Gasteiger partial charge in [-0.15, -0.1) is 0 Å². The van der Waals surface area contributed by atoms with Crippen molar-refractivity contribution in [2.75, 3.05) is 37.8 Å². The topological polar surface area (TPSA) is 32.7 Å². The third-order valence-corrected chi connectivity index (χ3v) is 4.67. The molecule has 0 radical (unpaired) electrons. The van der Waals surface area contributed by atoms with Gasteiger partial charge < -0.3 is 9.84 Å². The number of aliphatic hydroxyl groups excluding tert-OH is 1. The van der Waals surface area contributed by atoms with Gasteiger partial charge in [-0.3, -0.25) is 4.90 Å². The predicted molar refractivity (Wildman–Crippen MR) is 88.9 cm³/mol. The van der Waals surface area contributed by atoms with Crippen LogP contribution in [0.4, 0.5) is 0 Å². The van der Waals surface area contributed by atoms with E-state index in [9.17, 15) is 0 Å². The number of thioether (sulfide) groups is 1. The van der Waals surface area contributed by atoms with E-state index in [4.69, 9.17) is 9.84 Å². The minimum atomic E-state index is 0.113. The number of hydrogen-bond donors (Lipinski definition) is 1. The van der Waals surface area contributed by atoms with E-state index in [-0.39, 0.29) is 6.61 Å². The summed E-state index contributed by atoms with van der Waals surface area (Å²) < 4.78 is 5.80. The molecule has 0 aromatic heterocycles. The van der Waals surface area contributed by atoms with E-state index in [0.29, 0.717) is 12.5 Å². The molecule has 1 aromatic rings. The third-order valence-electron chi connectivity index (χ3n) is 3.48. The maximum Gasteiger partial charge on any atom is 0.119 e. The van der Waals surface area contributed by atoms with Crippen molar-refractivity contribution in [1.29, 1.82) is 0 Å². The highest BCUT2D eigenvalue weighted by atomic mass is 32.2. The van der Waals surface area contributed by atoms with Crippen LogP contribution in [0.25, 0.3) is 0 Å². The molecule has 0 spiro atoms. The van der Waals surface area contributed by atoms with Crippen LogP contribution in [0.15, 0.2) is 24.3 Å². The Morgan fingerprint density at radius 1 is 1.38 bits per heavy atom. The first-order valence-corrected chi connectivity index (χ1v) is 8.59. The van der Waals surface area contributed by atoms with E-state index in [0.717, 1.165) is 31.0 Å². The molecule has 1 aliphatic heterocycles. The lowest BCUT2D eigenvalue weighted by Gasteiger charge is -2.32. The minimum absolute atomic E-state index is 0.113. The molecule has 1 saturated heterocycles. The molecular weight excluding hydrogens is 282 g/mol.